The molecule has 4 rings (SSSR count). The highest BCUT2D eigenvalue weighted by atomic mass is 35.5. The van der Waals surface area contributed by atoms with E-state index in [1.165, 1.54) is 27.6 Å². The van der Waals surface area contributed by atoms with E-state index in [1.807, 2.05) is 11.4 Å². The fraction of sp³-hybridized carbons (Fsp3) is 0.238. The predicted molar refractivity (Wildman–Crippen MR) is 117 cm³/mol. The monoisotopic (exact) mass is 430 g/mol. The van der Waals surface area contributed by atoms with Crippen LogP contribution in [0.2, 0.25) is 5.02 Å². The molecule has 28 heavy (non-hydrogen) atoms. The van der Waals surface area contributed by atoms with Crippen molar-refractivity contribution < 1.29 is 9.59 Å². The van der Waals surface area contributed by atoms with Gasteiger partial charge < -0.3 is 10.6 Å². The SMILES string of the molecule is O=C(Nc1sc2c(c1C(=O)Nc1ccc(Cl)cc1)CCCCC2)c1cccs1. The van der Waals surface area contributed by atoms with Crippen molar-refractivity contribution >= 4 is 56.8 Å². The minimum absolute atomic E-state index is 0.174. The molecule has 1 aromatic carbocycles. The number of carbonyl (C=O) groups is 2. The summed E-state index contributed by atoms with van der Waals surface area (Å²) in [6.07, 6.45) is 5.16. The quantitative estimate of drug-likeness (QED) is 0.481. The molecule has 2 amide bonds. The number of hydrogen-bond acceptors (Lipinski definition) is 4. The molecule has 0 fully saturated rings. The van der Waals surface area contributed by atoms with Gasteiger partial charge in [-0.15, -0.1) is 22.7 Å². The van der Waals surface area contributed by atoms with Crippen LogP contribution in [0, 0.1) is 0 Å². The topological polar surface area (TPSA) is 58.2 Å². The van der Waals surface area contributed by atoms with Gasteiger partial charge >= 0.3 is 0 Å². The number of aryl methyl sites for hydroxylation is 1. The van der Waals surface area contributed by atoms with Crippen molar-refractivity contribution in [2.45, 2.75) is 32.1 Å². The lowest BCUT2D eigenvalue weighted by Crippen LogP contribution is -2.17. The summed E-state index contributed by atoms with van der Waals surface area (Å²) in [7, 11) is 0. The van der Waals surface area contributed by atoms with E-state index in [2.05, 4.69) is 10.6 Å². The van der Waals surface area contributed by atoms with E-state index in [-0.39, 0.29) is 11.8 Å². The molecule has 0 saturated heterocycles. The van der Waals surface area contributed by atoms with Crippen LogP contribution in [0.25, 0.3) is 0 Å². The Morgan fingerprint density at radius 1 is 0.929 bits per heavy atom. The van der Waals surface area contributed by atoms with Gasteiger partial charge in [-0.05, 0) is 67.0 Å². The smallest absolute Gasteiger partial charge is 0.266 e. The first kappa shape index (κ1) is 19.2. The van der Waals surface area contributed by atoms with Gasteiger partial charge in [0.05, 0.1) is 10.4 Å². The van der Waals surface area contributed by atoms with Crippen molar-refractivity contribution in [2.75, 3.05) is 10.6 Å². The summed E-state index contributed by atoms with van der Waals surface area (Å²) in [5, 5.41) is 9.05. The largest absolute Gasteiger partial charge is 0.322 e. The molecule has 0 spiro atoms. The van der Waals surface area contributed by atoms with Gasteiger partial charge in [0.1, 0.15) is 5.00 Å². The zero-order chi connectivity index (χ0) is 19.5. The van der Waals surface area contributed by atoms with E-state index in [9.17, 15) is 9.59 Å². The van der Waals surface area contributed by atoms with E-state index >= 15 is 0 Å². The van der Waals surface area contributed by atoms with Crippen molar-refractivity contribution in [1.29, 1.82) is 0 Å². The fourth-order valence-corrected chi connectivity index (χ4v) is 5.40. The minimum Gasteiger partial charge on any atom is -0.322 e. The number of benzene rings is 1. The van der Waals surface area contributed by atoms with E-state index in [4.69, 9.17) is 11.6 Å². The van der Waals surface area contributed by atoms with Crippen LogP contribution in [0.1, 0.15) is 49.7 Å². The number of thiophene rings is 2. The first-order chi connectivity index (χ1) is 13.6. The van der Waals surface area contributed by atoms with E-state index in [1.54, 1.807) is 30.3 Å². The summed E-state index contributed by atoms with van der Waals surface area (Å²) in [5.74, 6) is -0.366. The minimum atomic E-state index is -0.191. The number of carbonyl (C=O) groups excluding carboxylic acids is 2. The first-order valence-electron chi connectivity index (χ1n) is 9.18. The maximum absolute atomic E-state index is 13.1. The molecular weight excluding hydrogens is 412 g/mol. The predicted octanol–water partition coefficient (Wildman–Crippen LogP) is 6.24. The van der Waals surface area contributed by atoms with Crippen molar-refractivity contribution in [3.05, 3.63) is 67.7 Å². The number of anilines is 2. The average molecular weight is 431 g/mol. The second-order valence-corrected chi connectivity index (χ2v) is 9.15. The molecule has 2 heterocycles. The molecule has 1 aliphatic carbocycles. The van der Waals surface area contributed by atoms with Gasteiger partial charge in [0.15, 0.2) is 0 Å². The van der Waals surface area contributed by atoms with Gasteiger partial charge in [-0.3, -0.25) is 9.59 Å². The third kappa shape index (κ3) is 4.14. The number of hydrogen-bond donors (Lipinski definition) is 2. The van der Waals surface area contributed by atoms with Crippen LogP contribution < -0.4 is 10.6 Å². The number of halogens is 1. The molecule has 7 heteroatoms. The highest BCUT2D eigenvalue weighted by molar-refractivity contribution is 7.17. The number of amides is 2. The van der Waals surface area contributed by atoms with Gasteiger partial charge in [0, 0.05) is 15.6 Å². The third-order valence-corrected chi connectivity index (χ3v) is 7.05. The van der Waals surface area contributed by atoms with Crippen LogP contribution >= 0.6 is 34.3 Å². The van der Waals surface area contributed by atoms with Crippen LogP contribution in [-0.4, -0.2) is 11.8 Å². The molecule has 4 nitrogen and oxygen atoms in total. The molecule has 0 saturated carbocycles. The fourth-order valence-electron chi connectivity index (χ4n) is 3.37. The molecule has 0 aliphatic heterocycles. The first-order valence-corrected chi connectivity index (χ1v) is 11.3. The average Bonchev–Trinajstić information content (AvgIpc) is 3.27. The molecule has 144 valence electrons. The van der Waals surface area contributed by atoms with Crippen molar-refractivity contribution in [3.8, 4) is 0 Å². The van der Waals surface area contributed by atoms with Crippen LogP contribution in [0.4, 0.5) is 10.7 Å². The van der Waals surface area contributed by atoms with Crippen molar-refractivity contribution in [1.82, 2.24) is 0 Å². The number of fused-ring (bicyclic) bond motifs is 1. The van der Waals surface area contributed by atoms with Gasteiger partial charge in [-0.1, -0.05) is 24.1 Å². The summed E-state index contributed by atoms with van der Waals surface area (Å²) < 4.78 is 0. The Bertz CT molecular complexity index is 994. The van der Waals surface area contributed by atoms with Crippen LogP contribution in [0.5, 0.6) is 0 Å². The zero-order valence-corrected chi connectivity index (χ0v) is 17.5. The standard InChI is InChI=1S/C21H19ClN2O2S2/c22-13-8-10-14(11-9-13)23-20(26)18-15-5-2-1-3-6-16(15)28-21(18)24-19(25)17-7-4-12-27-17/h4,7-12H,1-3,5-6H2,(H,23,26)(H,24,25). The normalized spacial score (nSPS) is 13.5. The summed E-state index contributed by atoms with van der Waals surface area (Å²) in [6, 6.07) is 10.7. The molecular formula is C21H19ClN2O2S2. The Morgan fingerprint density at radius 2 is 1.71 bits per heavy atom. The molecule has 0 radical (unpaired) electrons. The highest BCUT2D eigenvalue weighted by Gasteiger charge is 2.26. The second kappa shape index (κ2) is 8.47. The molecule has 0 bridgehead atoms. The third-order valence-electron chi connectivity index (χ3n) is 4.72. The van der Waals surface area contributed by atoms with Crippen molar-refractivity contribution in [3.63, 3.8) is 0 Å². The lowest BCUT2D eigenvalue weighted by molar-refractivity contribution is 0.102. The molecule has 3 aromatic rings. The lowest BCUT2D eigenvalue weighted by Gasteiger charge is -2.10. The molecule has 2 aromatic heterocycles. The number of rotatable bonds is 4. The Balaban J connectivity index is 1.66. The van der Waals surface area contributed by atoms with Gasteiger partial charge in [0.25, 0.3) is 11.8 Å². The molecule has 0 atom stereocenters. The van der Waals surface area contributed by atoms with Crippen LogP contribution in [0.15, 0.2) is 41.8 Å². The maximum atomic E-state index is 13.1. The lowest BCUT2D eigenvalue weighted by atomic mass is 10.0. The van der Waals surface area contributed by atoms with Gasteiger partial charge in [-0.2, -0.15) is 0 Å². The van der Waals surface area contributed by atoms with Crippen molar-refractivity contribution in [2.24, 2.45) is 0 Å². The van der Waals surface area contributed by atoms with E-state index in [0.29, 0.717) is 26.2 Å². The summed E-state index contributed by atoms with van der Waals surface area (Å²) in [6.45, 7) is 0. The van der Waals surface area contributed by atoms with E-state index < -0.39 is 0 Å². The highest BCUT2D eigenvalue weighted by Crippen LogP contribution is 2.38. The maximum Gasteiger partial charge on any atom is 0.266 e. The Labute approximate surface area is 176 Å². The van der Waals surface area contributed by atoms with Gasteiger partial charge in [-0.25, -0.2) is 0 Å². The van der Waals surface area contributed by atoms with Crippen LogP contribution in [-0.2, 0) is 12.8 Å². The molecule has 0 unspecified atom stereocenters. The summed E-state index contributed by atoms with van der Waals surface area (Å²) >= 11 is 8.85. The zero-order valence-electron chi connectivity index (χ0n) is 15.1. The molecule has 2 N–H and O–H groups in total. The number of nitrogens with one attached hydrogen (secondary N) is 2. The summed E-state index contributed by atoms with van der Waals surface area (Å²) in [5.41, 5.74) is 2.36. The Hall–Kier alpha value is -2.15. The second-order valence-electron chi connectivity index (χ2n) is 6.66. The van der Waals surface area contributed by atoms with Gasteiger partial charge in [0.2, 0.25) is 0 Å². The van der Waals surface area contributed by atoms with E-state index in [0.717, 1.165) is 37.7 Å². The molecule has 1 aliphatic rings. The Kier molecular flexibility index (Phi) is 5.80. The Morgan fingerprint density at radius 3 is 2.46 bits per heavy atom. The van der Waals surface area contributed by atoms with Crippen LogP contribution in [0.3, 0.4) is 0 Å². The summed E-state index contributed by atoms with van der Waals surface area (Å²) in [4.78, 5) is 27.6.